The molecule has 2 heterocycles. The Morgan fingerprint density at radius 2 is 2.28 bits per heavy atom. The highest BCUT2D eigenvalue weighted by Gasteiger charge is 2.20. The monoisotopic (exact) mass is 265 g/mol. The van der Waals surface area contributed by atoms with Crippen LogP contribution in [-0.2, 0) is 16.8 Å². The van der Waals surface area contributed by atoms with Gasteiger partial charge in [0.15, 0.2) is 5.69 Å². The molecule has 0 aliphatic heterocycles. The zero-order valence-electron chi connectivity index (χ0n) is 10.6. The van der Waals surface area contributed by atoms with Gasteiger partial charge in [0.05, 0.1) is 10.4 Å². The first kappa shape index (κ1) is 12.8. The van der Waals surface area contributed by atoms with E-state index in [2.05, 4.69) is 15.2 Å². The fraction of sp³-hybridized carbons (Fsp3) is 0.417. The van der Waals surface area contributed by atoms with Crippen molar-refractivity contribution >= 4 is 17.3 Å². The van der Waals surface area contributed by atoms with Gasteiger partial charge in [-0.3, -0.25) is 10.1 Å². The average Bonchev–Trinajstić information content (AvgIpc) is 2.96. The molecule has 2 rings (SSSR count). The molecule has 1 N–H and O–H groups in total. The summed E-state index contributed by atoms with van der Waals surface area (Å²) < 4.78 is 5.15. The summed E-state index contributed by atoms with van der Waals surface area (Å²) in [6.07, 6.45) is 1.68. The van der Waals surface area contributed by atoms with Crippen LogP contribution in [0.15, 0.2) is 17.8 Å². The van der Waals surface area contributed by atoms with E-state index in [1.54, 1.807) is 17.8 Å². The molecule has 0 saturated heterocycles. The number of thiazole rings is 1. The van der Waals surface area contributed by atoms with Crippen LogP contribution in [0.4, 0.5) is 0 Å². The summed E-state index contributed by atoms with van der Waals surface area (Å²) in [7, 11) is 0. The summed E-state index contributed by atoms with van der Waals surface area (Å²) in [5.41, 5.74) is 2.86. The first-order valence-electron chi connectivity index (χ1n) is 5.57. The van der Waals surface area contributed by atoms with Crippen LogP contribution in [0.3, 0.4) is 0 Å². The van der Waals surface area contributed by atoms with Crippen LogP contribution < -0.4 is 0 Å². The number of rotatable bonds is 3. The first-order chi connectivity index (χ1) is 8.47. The Labute approximate surface area is 109 Å². The number of hydrogen-bond donors (Lipinski definition) is 1. The molecule has 2 aromatic rings. The molecular weight excluding hydrogens is 250 g/mol. The van der Waals surface area contributed by atoms with E-state index < -0.39 is 5.97 Å². The van der Waals surface area contributed by atoms with E-state index in [1.807, 2.05) is 20.8 Å². The van der Waals surface area contributed by atoms with Gasteiger partial charge >= 0.3 is 5.97 Å². The lowest BCUT2D eigenvalue weighted by molar-refractivity contribution is 0.0469. The molecule has 0 saturated carbocycles. The molecule has 0 aromatic carbocycles. The first-order valence-corrected chi connectivity index (χ1v) is 6.45. The molecule has 96 valence electrons. The average molecular weight is 265 g/mol. The number of nitrogens with zero attached hydrogens (tertiary/aromatic N) is 2. The van der Waals surface area contributed by atoms with Gasteiger partial charge in [0.25, 0.3) is 0 Å². The third-order valence-electron chi connectivity index (χ3n) is 2.42. The molecule has 0 unspecified atom stereocenters. The molecule has 0 atom stereocenters. The van der Waals surface area contributed by atoms with Gasteiger partial charge in [-0.05, 0) is 6.07 Å². The van der Waals surface area contributed by atoms with Crippen molar-refractivity contribution < 1.29 is 9.53 Å². The molecule has 5 nitrogen and oxygen atoms in total. The number of nitrogens with one attached hydrogen (secondary N) is 1. The van der Waals surface area contributed by atoms with E-state index in [1.165, 1.54) is 11.3 Å². The van der Waals surface area contributed by atoms with Crippen molar-refractivity contribution in [3.8, 4) is 0 Å². The van der Waals surface area contributed by atoms with Gasteiger partial charge in [-0.25, -0.2) is 4.79 Å². The Bertz CT molecular complexity index is 526. The van der Waals surface area contributed by atoms with Crippen LogP contribution in [0.2, 0.25) is 0 Å². The zero-order chi connectivity index (χ0) is 13.2. The Kier molecular flexibility index (Phi) is 3.47. The number of aromatic amines is 1. The second-order valence-electron chi connectivity index (χ2n) is 4.96. The summed E-state index contributed by atoms with van der Waals surface area (Å²) in [6, 6.07) is 1.73. The minimum absolute atomic E-state index is 0.0663. The SMILES string of the molecule is CC(C)(C)c1cc(C(=O)OCc2cncs2)n[nH]1. The van der Waals surface area contributed by atoms with Gasteiger partial charge in [0.2, 0.25) is 0 Å². The molecule has 0 fully saturated rings. The Hall–Kier alpha value is -1.69. The van der Waals surface area contributed by atoms with Crippen LogP contribution >= 0.6 is 11.3 Å². The van der Waals surface area contributed by atoms with E-state index in [-0.39, 0.29) is 12.0 Å². The van der Waals surface area contributed by atoms with Gasteiger partial charge in [0.1, 0.15) is 6.61 Å². The normalized spacial score (nSPS) is 11.5. The van der Waals surface area contributed by atoms with Crippen LogP contribution in [0, 0.1) is 0 Å². The lowest BCUT2D eigenvalue weighted by Gasteiger charge is -2.14. The molecule has 0 bridgehead atoms. The molecule has 18 heavy (non-hydrogen) atoms. The standard InChI is InChI=1S/C12H15N3O2S/c1-12(2,3)10-4-9(14-15-10)11(16)17-6-8-5-13-7-18-8/h4-5,7H,6H2,1-3H3,(H,14,15). The second-order valence-corrected chi connectivity index (χ2v) is 5.93. The number of H-pyrrole nitrogens is 1. The van der Waals surface area contributed by atoms with Gasteiger partial charge in [-0.15, -0.1) is 11.3 Å². The van der Waals surface area contributed by atoms with Gasteiger partial charge in [-0.2, -0.15) is 5.10 Å². The third kappa shape index (κ3) is 2.95. The van der Waals surface area contributed by atoms with Crippen molar-refractivity contribution in [2.45, 2.75) is 32.8 Å². The molecule has 0 aliphatic rings. The van der Waals surface area contributed by atoms with Crippen LogP contribution in [0.1, 0.15) is 41.8 Å². The van der Waals surface area contributed by atoms with E-state index in [0.717, 1.165) is 10.6 Å². The number of carbonyl (C=O) groups excluding carboxylic acids is 1. The molecular formula is C12H15N3O2S. The maximum atomic E-state index is 11.8. The number of hydrogen-bond acceptors (Lipinski definition) is 5. The number of esters is 1. The largest absolute Gasteiger partial charge is 0.455 e. The number of carbonyl (C=O) groups is 1. The Morgan fingerprint density at radius 1 is 1.50 bits per heavy atom. The topological polar surface area (TPSA) is 67.9 Å². The quantitative estimate of drug-likeness (QED) is 0.866. The zero-order valence-corrected chi connectivity index (χ0v) is 11.4. The molecule has 0 amide bonds. The minimum Gasteiger partial charge on any atom is -0.455 e. The van der Waals surface area contributed by atoms with Crippen molar-refractivity contribution in [3.63, 3.8) is 0 Å². The lowest BCUT2D eigenvalue weighted by Crippen LogP contribution is -2.11. The molecule has 2 aromatic heterocycles. The van der Waals surface area contributed by atoms with E-state index in [9.17, 15) is 4.79 Å². The van der Waals surface area contributed by atoms with Crippen molar-refractivity contribution in [1.29, 1.82) is 0 Å². The van der Waals surface area contributed by atoms with Gasteiger partial charge in [-0.1, -0.05) is 20.8 Å². The second kappa shape index (κ2) is 4.89. The summed E-state index contributed by atoms with van der Waals surface area (Å²) in [5, 5.41) is 6.83. The van der Waals surface area contributed by atoms with Crippen molar-refractivity contribution in [2.75, 3.05) is 0 Å². The maximum absolute atomic E-state index is 11.8. The fourth-order valence-electron chi connectivity index (χ4n) is 1.33. The predicted molar refractivity (Wildman–Crippen MR) is 68.5 cm³/mol. The van der Waals surface area contributed by atoms with Gasteiger partial charge in [0, 0.05) is 17.3 Å². The minimum atomic E-state index is -0.421. The van der Waals surface area contributed by atoms with E-state index >= 15 is 0 Å². The van der Waals surface area contributed by atoms with E-state index in [0.29, 0.717) is 5.69 Å². The molecule has 6 heteroatoms. The van der Waals surface area contributed by atoms with Crippen LogP contribution in [0.5, 0.6) is 0 Å². The third-order valence-corrected chi connectivity index (χ3v) is 3.18. The van der Waals surface area contributed by atoms with Crippen LogP contribution in [-0.4, -0.2) is 21.2 Å². The number of aromatic nitrogens is 3. The maximum Gasteiger partial charge on any atom is 0.359 e. The number of ether oxygens (including phenoxy) is 1. The highest BCUT2D eigenvalue weighted by Crippen LogP contribution is 2.20. The van der Waals surface area contributed by atoms with Gasteiger partial charge < -0.3 is 4.74 Å². The summed E-state index contributed by atoms with van der Waals surface area (Å²) >= 11 is 1.45. The van der Waals surface area contributed by atoms with Crippen LogP contribution in [0.25, 0.3) is 0 Å². The molecule has 0 radical (unpaired) electrons. The summed E-state index contributed by atoms with van der Waals surface area (Å²) in [6.45, 7) is 6.38. The lowest BCUT2D eigenvalue weighted by atomic mass is 9.92. The molecule has 0 spiro atoms. The Morgan fingerprint density at radius 3 is 2.83 bits per heavy atom. The van der Waals surface area contributed by atoms with Crippen molar-refractivity contribution in [2.24, 2.45) is 0 Å². The predicted octanol–water partition coefficient (Wildman–Crippen LogP) is 2.52. The van der Waals surface area contributed by atoms with Crippen molar-refractivity contribution in [1.82, 2.24) is 15.2 Å². The summed E-state index contributed by atoms with van der Waals surface area (Å²) in [5.74, 6) is -0.421. The highest BCUT2D eigenvalue weighted by molar-refractivity contribution is 7.09. The molecule has 0 aliphatic carbocycles. The van der Waals surface area contributed by atoms with E-state index in [4.69, 9.17) is 4.74 Å². The fourth-order valence-corrected chi connectivity index (χ4v) is 1.84. The smallest absolute Gasteiger partial charge is 0.359 e. The summed E-state index contributed by atoms with van der Waals surface area (Å²) in [4.78, 5) is 16.6. The Balaban J connectivity index is 1.99. The highest BCUT2D eigenvalue weighted by atomic mass is 32.1. The van der Waals surface area contributed by atoms with Crippen molar-refractivity contribution in [3.05, 3.63) is 34.0 Å².